The predicted molar refractivity (Wildman–Crippen MR) is 95.5 cm³/mol. The van der Waals surface area contributed by atoms with Crippen LogP contribution in [-0.2, 0) is 0 Å². The molecular weight excluding hydrogens is 306 g/mol. The molecule has 4 rings (SSSR count). The van der Waals surface area contributed by atoms with Crippen LogP contribution in [0.2, 0.25) is 0 Å². The Kier molecular flexibility index (Phi) is 3.20. The molecule has 0 aliphatic rings. The number of nitrogen functional groups attached to an aromatic ring is 1. The van der Waals surface area contributed by atoms with E-state index in [1.807, 2.05) is 60.0 Å². The summed E-state index contributed by atoms with van der Waals surface area (Å²) in [6, 6.07) is 17.7. The van der Waals surface area contributed by atoms with Gasteiger partial charge in [0, 0.05) is 21.8 Å². The maximum Gasteiger partial charge on any atom is 0.258 e. The van der Waals surface area contributed by atoms with Crippen molar-refractivity contribution in [2.45, 2.75) is 0 Å². The lowest BCUT2D eigenvalue weighted by atomic mass is 9.95. The van der Waals surface area contributed by atoms with E-state index in [4.69, 9.17) is 5.73 Å². The first-order chi connectivity index (χ1) is 11.2. The Morgan fingerprint density at radius 3 is 2.43 bits per heavy atom. The second-order valence-electron chi connectivity index (χ2n) is 5.19. The van der Waals surface area contributed by atoms with Gasteiger partial charge in [0.25, 0.3) is 5.56 Å². The number of nitrogens with zero attached hydrogens (tertiary/aromatic N) is 1. The topological polar surface area (TPSA) is 71.8 Å². The highest BCUT2D eigenvalue weighted by Crippen LogP contribution is 2.35. The first-order valence-corrected chi connectivity index (χ1v) is 8.04. The van der Waals surface area contributed by atoms with E-state index in [1.165, 1.54) is 11.3 Å². The molecule has 23 heavy (non-hydrogen) atoms. The van der Waals surface area contributed by atoms with Gasteiger partial charge in [0.05, 0.1) is 11.3 Å². The number of aromatic amines is 1. The number of nitrogens with one attached hydrogen (secondary N) is 1. The van der Waals surface area contributed by atoms with Crippen LogP contribution in [-0.4, -0.2) is 9.97 Å². The lowest BCUT2D eigenvalue weighted by Gasteiger charge is -2.11. The number of thiazole rings is 1. The second-order valence-corrected chi connectivity index (χ2v) is 6.08. The van der Waals surface area contributed by atoms with E-state index in [0.29, 0.717) is 16.4 Å². The summed E-state index contributed by atoms with van der Waals surface area (Å²) in [6.45, 7) is 0. The molecule has 4 nitrogen and oxygen atoms in total. The van der Waals surface area contributed by atoms with E-state index in [1.54, 1.807) is 0 Å². The molecule has 0 saturated heterocycles. The number of benzene rings is 2. The lowest BCUT2D eigenvalue weighted by Crippen LogP contribution is -2.11. The molecule has 0 fully saturated rings. The van der Waals surface area contributed by atoms with Gasteiger partial charge in [0.15, 0.2) is 5.13 Å². The number of H-pyrrole nitrogens is 1. The van der Waals surface area contributed by atoms with Crippen molar-refractivity contribution in [2.24, 2.45) is 0 Å². The minimum atomic E-state index is -0.159. The van der Waals surface area contributed by atoms with Crippen LogP contribution in [0, 0.1) is 0 Å². The number of aromatic nitrogens is 2. The van der Waals surface area contributed by atoms with Crippen LogP contribution in [0.4, 0.5) is 5.13 Å². The minimum absolute atomic E-state index is 0.159. The van der Waals surface area contributed by atoms with E-state index in [0.717, 1.165) is 22.0 Å². The quantitative estimate of drug-likeness (QED) is 0.588. The highest BCUT2D eigenvalue weighted by molar-refractivity contribution is 7.13. The van der Waals surface area contributed by atoms with Crippen LogP contribution >= 0.6 is 11.3 Å². The van der Waals surface area contributed by atoms with Gasteiger partial charge in [-0.3, -0.25) is 4.79 Å². The van der Waals surface area contributed by atoms with Gasteiger partial charge >= 0.3 is 0 Å². The van der Waals surface area contributed by atoms with E-state index in [9.17, 15) is 4.79 Å². The van der Waals surface area contributed by atoms with Crippen LogP contribution in [0.15, 0.2) is 64.8 Å². The second kappa shape index (κ2) is 5.37. The largest absolute Gasteiger partial charge is 0.375 e. The van der Waals surface area contributed by atoms with Gasteiger partial charge in [-0.25, -0.2) is 4.98 Å². The van der Waals surface area contributed by atoms with Gasteiger partial charge in [-0.15, -0.1) is 11.3 Å². The molecule has 0 radical (unpaired) electrons. The molecule has 0 bridgehead atoms. The SMILES string of the molecule is Nc1nc(-c2c(-c3ccccc3)c3ccccc3[nH]c2=O)cs1. The molecule has 0 amide bonds. The Hall–Kier alpha value is -2.92. The van der Waals surface area contributed by atoms with Crippen LogP contribution in [0.5, 0.6) is 0 Å². The molecule has 0 aliphatic carbocycles. The zero-order valence-electron chi connectivity index (χ0n) is 12.1. The number of pyridine rings is 1. The number of anilines is 1. The third kappa shape index (κ3) is 2.31. The van der Waals surface area contributed by atoms with Crippen LogP contribution in [0.1, 0.15) is 0 Å². The van der Waals surface area contributed by atoms with E-state index < -0.39 is 0 Å². The number of hydrogen-bond acceptors (Lipinski definition) is 4. The Labute approximate surface area is 136 Å². The molecule has 3 N–H and O–H groups in total. The van der Waals surface area contributed by atoms with Crippen molar-refractivity contribution >= 4 is 27.4 Å². The third-order valence-electron chi connectivity index (χ3n) is 3.76. The average molecular weight is 319 g/mol. The highest BCUT2D eigenvalue weighted by Gasteiger charge is 2.17. The fourth-order valence-corrected chi connectivity index (χ4v) is 3.35. The fraction of sp³-hybridized carbons (Fsp3) is 0. The Morgan fingerprint density at radius 1 is 0.957 bits per heavy atom. The van der Waals surface area contributed by atoms with Crippen LogP contribution in [0.3, 0.4) is 0 Å². The predicted octanol–water partition coefficient (Wildman–Crippen LogP) is 3.90. The number of para-hydroxylation sites is 1. The number of fused-ring (bicyclic) bond motifs is 1. The summed E-state index contributed by atoms with van der Waals surface area (Å²) in [7, 11) is 0. The smallest absolute Gasteiger partial charge is 0.258 e. The maximum absolute atomic E-state index is 12.7. The van der Waals surface area contributed by atoms with Gasteiger partial charge in [0.2, 0.25) is 0 Å². The average Bonchev–Trinajstić information content (AvgIpc) is 3.00. The van der Waals surface area contributed by atoms with E-state index >= 15 is 0 Å². The fourth-order valence-electron chi connectivity index (χ4n) is 2.79. The number of nitrogens with two attached hydrogens (primary N) is 1. The Balaban J connectivity index is 2.17. The summed E-state index contributed by atoms with van der Waals surface area (Å²) in [4.78, 5) is 20.0. The van der Waals surface area contributed by atoms with Crippen molar-refractivity contribution < 1.29 is 0 Å². The van der Waals surface area contributed by atoms with Gasteiger partial charge in [0.1, 0.15) is 0 Å². The van der Waals surface area contributed by atoms with Crippen molar-refractivity contribution in [2.75, 3.05) is 5.73 Å². The summed E-state index contributed by atoms with van der Waals surface area (Å²) in [6.07, 6.45) is 0. The van der Waals surface area contributed by atoms with Gasteiger partial charge in [-0.1, -0.05) is 48.5 Å². The van der Waals surface area contributed by atoms with Crippen molar-refractivity contribution in [3.8, 4) is 22.4 Å². The Bertz CT molecular complexity index is 1050. The molecule has 0 atom stereocenters. The first-order valence-electron chi connectivity index (χ1n) is 7.16. The lowest BCUT2D eigenvalue weighted by molar-refractivity contribution is 1.28. The molecule has 0 saturated carbocycles. The van der Waals surface area contributed by atoms with E-state index in [-0.39, 0.29) is 5.56 Å². The summed E-state index contributed by atoms with van der Waals surface area (Å²) < 4.78 is 0. The molecule has 5 heteroatoms. The van der Waals surface area contributed by atoms with Crippen molar-refractivity contribution in [1.29, 1.82) is 0 Å². The molecule has 2 aromatic heterocycles. The molecule has 0 spiro atoms. The van der Waals surface area contributed by atoms with Crippen LogP contribution < -0.4 is 11.3 Å². The monoisotopic (exact) mass is 319 g/mol. The van der Waals surface area contributed by atoms with Gasteiger partial charge in [-0.05, 0) is 11.6 Å². The minimum Gasteiger partial charge on any atom is -0.375 e. The molecule has 4 aromatic rings. The number of hydrogen-bond donors (Lipinski definition) is 2. The summed E-state index contributed by atoms with van der Waals surface area (Å²) >= 11 is 1.33. The Morgan fingerprint density at radius 2 is 1.70 bits per heavy atom. The molecule has 0 aliphatic heterocycles. The third-order valence-corrected chi connectivity index (χ3v) is 4.44. The normalized spacial score (nSPS) is 11.0. The molecular formula is C18H13N3OS. The zero-order valence-corrected chi connectivity index (χ0v) is 12.9. The summed E-state index contributed by atoms with van der Waals surface area (Å²) in [5.41, 5.74) is 9.45. The van der Waals surface area contributed by atoms with Crippen molar-refractivity contribution in [3.63, 3.8) is 0 Å². The first kappa shape index (κ1) is 13.7. The molecule has 2 aromatic carbocycles. The van der Waals surface area contributed by atoms with Crippen LogP contribution in [0.25, 0.3) is 33.3 Å². The summed E-state index contributed by atoms with van der Waals surface area (Å²) in [5.74, 6) is 0. The number of rotatable bonds is 2. The molecule has 112 valence electrons. The highest BCUT2D eigenvalue weighted by atomic mass is 32.1. The zero-order chi connectivity index (χ0) is 15.8. The standard InChI is InChI=1S/C18H13N3OS/c19-18-21-14(10-23-18)16-15(11-6-2-1-3-7-11)12-8-4-5-9-13(12)20-17(16)22/h1-10H,(H2,19,21)(H,20,22). The van der Waals surface area contributed by atoms with Gasteiger partial charge in [-0.2, -0.15) is 0 Å². The molecule has 2 heterocycles. The van der Waals surface area contributed by atoms with E-state index in [2.05, 4.69) is 9.97 Å². The van der Waals surface area contributed by atoms with Crippen molar-refractivity contribution in [1.82, 2.24) is 9.97 Å². The summed E-state index contributed by atoms with van der Waals surface area (Å²) in [5, 5.41) is 3.26. The van der Waals surface area contributed by atoms with Crippen molar-refractivity contribution in [3.05, 3.63) is 70.3 Å². The maximum atomic E-state index is 12.7. The van der Waals surface area contributed by atoms with Gasteiger partial charge < -0.3 is 10.7 Å². The molecule has 0 unspecified atom stereocenters.